The molecule has 0 unspecified atom stereocenters. The Labute approximate surface area is 176 Å². The molecular formula is C21H21F2N5OS. The van der Waals surface area contributed by atoms with Crippen molar-refractivity contribution in [2.45, 2.75) is 27.2 Å². The van der Waals surface area contributed by atoms with Gasteiger partial charge >= 0.3 is 0 Å². The first-order valence-electron chi connectivity index (χ1n) is 9.30. The molecule has 0 aliphatic rings. The first kappa shape index (κ1) is 20.2. The maximum atomic E-state index is 13.3. The lowest BCUT2D eigenvalue weighted by molar-refractivity contribution is 0.137. The quantitative estimate of drug-likeness (QED) is 0.440. The fourth-order valence-corrected chi connectivity index (χ4v) is 4.16. The van der Waals surface area contributed by atoms with E-state index >= 15 is 0 Å². The van der Waals surface area contributed by atoms with E-state index in [1.807, 2.05) is 39.0 Å². The minimum atomic E-state index is -2.68. The minimum absolute atomic E-state index is 0.317. The summed E-state index contributed by atoms with van der Waals surface area (Å²) in [5.74, 6) is 0.300. The number of nitrogens with zero attached hydrogens (tertiary/aromatic N) is 4. The molecule has 0 spiro atoms. The van der Waals surface area contributed by atoms with Crippen LogP contribution in [-0.2, 0) is 7.05 Å². The molecule has 156 valence electrons. The molecular weight excluding hydrogens is 408 g/mol. The van der Waals surface area contributed by atoms with Crippen LogP contribution in [0.25, 0.3) is 21.7 Å². The van der Waals surface area contributed by atoms with Gasteiger partial charge in [-0.15, -0.1) is 11.3 Å². The largest absolute Gasteiger partial charge is 0.495 e. The summed E-state index contributed by atoms with van der Waals surface area (Å²) in [6.45, 7) is 5.84. The molecule has 6 nitrogen and oxygen atoms in total. The van der Waals surface area contributed by atoms with Crippen LogP contribution < -0.4 is 10.1 Å². The highest BCUT2D eigenvalue weighted by atomic mass is 32.1. The SMILES string of the molecule is COc1cc(-c2nc(C)c(C)s2)ccc1Nc1cc(C)nc2c1nc(C(F)F)n2C. The predicted octanol–water partition coefficient (Wildman–Crippen LogP) is 5.71. The highest BCUT2D eigenvalue weighted by molar-refractivity contribution is 7.15. The second-order valence-corrected chi connectivity index (χ2v) is 8.22. The number of pyridine rings is 1. The highest BCUT2D eigenvalue weighted by Gasteiger charge is 2.20. The molecule has 0 atom stereocenters. The molecule has 0 bridgehead atoms. The van der Waals surface area contributed by atoms with Gasteiger partial charge in [-0.2, -0.15) is 0 Å². The van der Waals surface area contributed by atoms with E-state index in [-0.39, 0.29) is 5.82 Å². The van der Waals surface area contributed by atoms with Gasteiger partial charge in [0.1, 0.15) is 16.3 Å². The van der Waals surface area contributed by atoms with Crippen LogP contribution in [0, 0.1) is 20.8 Å². The lowest BCUT2D eigenvalue weighted by Gasteiger charge is -2.13. The van der Waals surface area contributed by atoms with Gasteiger partial charge in [-0.3, -0.25) is 0 Å². The van der Waals surface area contributed by atoms with Gasteiger partial charge in [0.05, 0.1) is 24.2 Å². The van der Waals surface area contributed by atoms with E-state index in [1.165, 1.54) is 9.44 Å². The molecule has 0 radical (unpaired) electrons. The van der Waals surface area contributed by atoms with E-state index in [0.717, 1.165) is 16.3 Å². The average Bonchev–Trinajstić information content (AvgIpc) is 3.22. The van der Waals surface area contributed by atoms with Crippen molar-refractivity contribution in [3.05, 3.63) is 46.4 Å². The number of ether oxygens (including phenoxy) is 1. The number of methoxy groups -OCH3 is 1. The van der Waals surface area contributed by atoms with E-state index in [9.17, 15) is 8.78 Å². The van der Waals surface area contributed by atoms with Gasteiger partial charge in [0.25, 0.3) is 6.43 Å². The molecule has 4 rings (SSSR count). The zero-order chi connectivity index (χ0) is 21.6. The predicted molar refractivity (Wildman–Crippen MR) is 115 cm³/mol. The number of aryl methyl sites for hydroxylation is 4. The number of halogens is 2. The number of rotatable bonds is 5. The van der Waals surface area contributed by atoms with Gasteiger partial charge in [0, 0.05) is 23.2 Å². The van der Waals surface area contributed by atoms with Crippen LogP contribution in [0.3, 0.4) is 0 Å². The summed E-state index contributed by atoms with van der Waals surface area (Å²) in [7, 11) is 3.13. The minimum Gasteiger partial charge on any atom is -0.495 e. The summed E-state index contributed by atoms with van der Waals surface area (Å²) in [4.78, 5) is 14.3. The number of fused-ring (bicyclic) bond motifs is 1. The van der Waals surface area contributed by atoms with Gasteiger partial charge in [-0.1, -0.05) is 0 Å². The number of thiazole rings is 1. The Hall–Kier alpha value is -3.07. The topological polar surface area (TPSA) is 64.9 Å². The van der Waals surface area contributed by atoms with Crippen molar-refractivity contribution >= 4 is 33.9 Å². The number of aromatic nitrogens is 4. The number of anilines is 2. The molecule has 0 amide bonds. The van der Waals surface area contributed by atoms with E-state index in [1.54, 1.807) is 31.6 Å². The van der Waals surface area contributed by atoms with Gasteiger partial charge in [-0.05, 0) is 45.0 Å². The van der Waals surface area contributed by atoms with Crippen LogP contribution in [0.5, 0.6) is 5.75 Å². The second-order valence-electron chi connectivity index (χ2n) is 7.01. The van der Waals surface area contributed by atoms with Gasteiger partial charge < -0.3 is 14.6 Å². The van der Waals surface area contributed by atoms with Crippen molar-refractivity contribution in [3.63, 3.8) is 0 Å². The molecule has 9 heteroatoms. The molecule has 0 saturated heterocycles. The number of hydrogen-bond donors (Lipinski definition) is 1. The highest BCUT2D eigenvalue weighted by Crippen LogP contribution is 2.36. The molecule has 4 aromatic rings. The normalized spacial score (nSPS) is 11.5. The zero-order valence-electron chi connectivity index (χ0n) is 17.2. The number of benzene rings is 1. The lowest BCUT2D eigenvalue weighted by Crippen LogP contribution is -2.00. The van der Waals surface area contributed by atoms with E-state index < -0.39 is 6.43 Å². The number of nitrogens with one attached hydrogen (secondary N) is 1. The summed E-state index contributed by atoms with van der Waals surface area (Å²) >= 11 is 1.63. The summed E-state index contributed by atoms with van der Waals surface area (Å²) < 4.78 is 33.6. The Bertz CT molecular complexity index is 1230. The Kier molecular flexibility index (Phi) is 5.15. The summed E-state index contributed by atoms with van der Waals surface area (Å²) in [5, 5.41) is 4.20. The van der Waals surface area contributed by atoms with Crippen LogP contribution in [0.15, 0.2) is 24.3 Å². The molecule has 0 aliphatic heterocycles. The fraction of sp³-hybridized carbons (Fsp3) is 0.286. The third kappa shape index (κ3) is 3.49. The summed E-state index contributed by atoms with van der Waals surface area (Å²) in [5.41, 5.74) is 4.73. The van der Waals surface area contributed by atoms with E-state index in [2.05, 4.69) is 20.3 Å². The van der Waals surface area contributed by atoms with Gasteiger partial charge in [-0.25, -0.2) is 23.7 Å². The molecule has 0 saturated carbocycles. The number of hydrogen-bond acceptors (Lipinski definition) is 6. The van der Waals surface area contributed by atoms with Gasteiger partial charge in [0.2, 0.25) is 0 Å². The molecule has 1 N–H and O–H groups in total. The van der Waals surface area contributed by atoms with Crippen molar-refractivity contribution in [3.8, 4) is 16.3 Å². The van der Waals surface area contributed by atoms with Crippen LogP contribution in [0.1, 0.15) is 28.5 Å². The Morgan fingerprint density at radius 1 is 1.07 bits per heavy atom. The Morgan fingerprint density at radius 2 is 1.83 bits per heavy atom. The van der Waals surface area contributed by atoms with Crippen molar-refractivity contribution in [1.82, 2.24) is 19.5 Å². The van der Waals surface area contributed by atoms with Crippen molar-refractivity contribution in [2.24, 2.45) is 7.05 Å². The summed E-state index contributed by atoms with van der Waals surface area (Å²) in [6, 6.07) is 7.54. The third-order valence-electron chi connectivity index (χ3n) is 4.93. The smallest absolute Gasteiger partial charge is 0.295 e. The monoisotopic (exact) mass is 429 g/mol. The van der Waals surface area contributed by atoms with E-state index in [0.29, 0.717) is 34.0 Å². The molecule has 0 aliphatic carbocycles. The molecule has 3 heterocycles. The van der Waals surface area contributed by atoms with Gasteiger partial charge in [0.15, 0.2) is 11.5 Å². The third-order valence-corrected chi connectivity index (χ3v) is 6.05. The van der Waals surface area contributed by atoms with Crippen molar-refractivity contribution < 1.29 is 13.5 Å². The number of alkyl halides is 2. The summed E-state index contributed by atoms with van der Waals surface area (Å²) in [6.07, 6.45) is -2.68. The lowest BCUT2D eigenvalue weighted by atomic mass is 10.2. The zero-order valence-corrected chi connectivity index (χ0v) is 18.1. The van der Waals surface area contributed by atoms with Crippen LogP contribution >= 0.6 is 11.3 Å². The van der Waals surface area contributed by atoms with Crippen LogP contribution in [0.4, 0.5) is 20.2 Å². The molecule has 1 aromatic carbocycles. The number of imidazole rings is 1. The average molecular weight is 429 g/mol. The Morgan fingerprint density at radius 3 is 2.47 bits per heavy atom. The van der Waals surface area contributed by atoms with E-state index in [4.69, 9.17) is 4.74 Å². The van der Waals surface area contributed by atoms with Crippen molar-refractivity contribution in [1.29, 1.82) is 0 Å². The maximum absolute atomic E-state index is 13.3. The van der Waals surface area contributed by atoms with Crippen molar-refractivity contribution in [2.75, 3.05) is 12.4 Å². The molecule has 3 aromatic heterocycles. The van der Waals surface area contributed by atoms with Crippen LogP contribution in [-0.4, -0.2) is 26.6 Å². The fourth-order valence-electron chi connectivity index (χ4n) is 3.25. The maximum Gasteiger partial charge on any atom is 0.295 e. The standard InChI is InChI=1S/C21H21F2N5OS/c1-10-8-15(17-19(24-10)28(4)20(27-17)18(22)23)26-14-7-6-13(9-16(14)29-5)21-25-11(2)12(3)30-21/h6-9,18H,1-5H3,(H,24,26). The molecule has 30 heavy (non-hydrogen) atoms. The second kappa shape index (κ2) is 7.64. The molecule has 0 fully saturated rings. The first-order valence-corrected chi connectivity index (χ1v) is 10.1. The van der Waals surface area contributed by atoms with Crippen LogP contribution in [0.2, 0.25) is 0 Å². The first-order chi connectivity index (χ1) is 14.3. The Balaban J connectivity index is 1.77.